The number of rotatable bonds is 5. The van der Waals surface area contributed by atoms with Crippen molar-refractivity contribution in [3.63, 3.8) is 0 Å². The number of nitrogens with one attached hydrogen (secondary N) is 1. The van der Waals surface area contributed by atoms with Crippen molar-refractivity contribution < 1.29 is 0 Å². The molecule has 0 aliphatic rings. The van der Waals surface area contributed by atoms with Gasteiger partial charge < -0.3 is 5.73 Å². The van der Waals surface area contributed by atoms with Crippen molar-refractivity contribution in [2.75, 3.05) is 0 Å². The van der Waals surface area contributed by atoms with E-state index in [1.807, 2.05) is 13.8 Å². The van der Waals surface area contributed by atoms with Crippen molar-refractivity contribution in [1.29, 1.82) is 0 Å². The maximum Gasteiger partial charge on any atom is 0.339 e. The van der Waals surface area contributed by atoms with E-state index in [0.29, 0.717) is 5.16 Å². The van der Waals surface area contributed by atoms with Crippen LogP contribution in [-0.2, 0) is 7.05 Å². The first kappa shape index (κ1) is 16.0. The Kier molecular flexibility index (Phi) is 5.02. The predicted octanol–water partition coefficient (Wildman–Crippen LogP) is 1.41. The maximum absolute atomic E-state index is 11.4. The fourth-order valence-electron chi connectivity index (χ4n) is 1.86. The summed E-state index contributed by atoms with van der Waals surface area (Å²) in [5.41, 5.74) is 4.73. The number of nitrogens with two attached hydrogens (primary N) is 1. The van der Waals surface area contributed by atoms with Gasteiger partial charge in [0, 0.05) is 22.8 Å². The van der Waals surface area contributed by atoms with Crippen molar-refractivity contribution in [2.45, 2.75) is 36.7 Å². The average molecular weight is 326 g/mol. The van der Waals surface area contributed by atoms with Gasteiger partial charge >= 0.3 is 11.1 Å². The topological polar surface area (TPSA) is 93.8 Å². The van der Waals surface area contributed by atoms with Crippen LogP contribution in [-0.4, -0.2) is 20.8 Å². The van der Waals surface area contributed by atoms with E-state index in [-0.39, 0.29) is 11.3 Å². The molecule has 0 amide bonds. The third kappa shape index (κ3) is 3.63. The minimum Gasteiger partial charge on any atom is -0.326 e. The quantitative estimate of drug-likeness (QED) is 0.640. The number of thioether (sulfide) groups is 1. The molecule has 0 aliphatic carbocycles. The molecule has 3 N–H and O–H groups in total. The second-order valence-electron chi connectivity index (χ2n) is 4.76. The Balaban J connectivity index is 2.38. The van der Waals surface area contributed by atoms with Gasteiger partial charge in [0.05, 0.1) is 5.25 Å². The molecular weight excluding hydrogens is 308 g/mol. The lowest BCUT2D eigenvalue weighted by Gasteiger charge is -2.21. The summed E-state index contributed by atoms with van der Waals surface area (Å²) in [5.74, 6) is 0. The zero-order valence-corrected chi connectivity index (χ0v) is 13.8. The second-order valence-corrected chi connectivity index (χ2v) is 7.19. The van der Waals surface area contributed by atoms with Gasteiger partial charge in [-0.1, -0.05) is 18.7 Å². The van der Waals surface area contributed by atoms with Crippen molar-refractivity contribution in [2.24, 2.45) is 12.8 Å². The van der Waals surface area contributed by atoms with Crippen LogP contribution in [0.5, 0.6) is 0 Å². The highest BCUT2D eigenvalue weighted by Crippen LogP contribution is 2.39. The number of thiophene rings is 1. The molecular formula is C13H18N4O2S2. The molecule has 2 aromatic heterocycles. The lowest BCUT2D eigenvalue weighted by Crippen LogP contribution is -2.34. The van der Waals surface area contributed by atoms with E-state index >= 15 is 0 Å². The van der Waals surface area contributed by atoms with Gasteiger partial charge in [-0.15, -0.1) is 11.3 Å². The third-order valence-electron chi connectivity index (χ3n) is 3.08. The van der Waals surface area contributed by atoms with Crippen LogP contribution in [0.15, 0.2) is 26.9 Å². The molecule has 0 radical (unpaired) electrons. The van der Waals surface area contributed by atoms with Crippen LogP contribution in [0.4, 0.5) is 0 Å². The number of hydrogen-bond acceptors (Lipinski definition) is 6. The van der Waals surface area contributed by atoms with Gasteiger partial charge in [-0.3, -0.25) is 19.4 Å². The molecule has 0 spiro atoms. The van der Waals surface area contributed by atoms with Gasteiger partial charge in [-0.25, -0.2) is 0 Å². The van der Waals surface area contributed by atoms with E-state index < -0.39 is 11.1 Å². The summed E-state index contributed by atoms with van der Waals surface area (Å²) in [6.07, 6.45) is 0.811. The summed E-state index contributed by atoms with van der Waals surface area (Å²) in [4.78, 5) is 28.9. The second kappa shape index (κ2) is 6.59. The minimum atomic E-state index is -0.776. The maximum atomic E-state index is 11.4. The van der Waals surface area contributed by atoms with E-state index in [0.717, 1.165) is 11.3 Å². The highest BCUT2D eigenvalue weighted by Gasteiger charge is 2.23. The van der Waals surface area contributed by atoms with Gasteiger partial charge in [0.2, 0.25) is 0 Å². The van der Waals surface area contributed by atoms with Crippen molar-refractivity contribution in [1.82, 2.24) is 14.8 Å². The van der Waals surface area contributed by atoms with Crippen molar-refractivity contribution >= 4 is 23.1 Å². The van der Waals surface area contributed by atoms with Gasteiger partial charge in [0.1, 0.15) is 0 Å². The van der Waals surface area contributed by atoms with Gasteiger partial charge in [0.15, 0.2) is 5.16 Å². The Bertz CT molecular complexity index is 734. The molecule has 0 aromatic carbocycles. The SMILES string of the molecule is CCC(N)C(Sc1nc(=O)c(=O)[nH]n1C)c1ccc(C)s1. The first-order chi connectivity index (χ1) is 9.92. The normalized spacial score (nSPS) is 14.1. The van der Waals surface area contributed by atoms with Crippen LogP contribution in [0.25, 0.3) is 0 Å². The van der Waals surface area contributed by atoms with E-state index in [9.17, 15) is 9.59 Å². The van der Waals surface area contributed by atoms with E-state index in [1.54, 1.807) is 18.4 Å². The van der Waals surface area contributed by atoms with Gasteiger partial charge in [-0.05, 0) is 25.5 Å². The smallest absolute Gasteiger partial charge is 0.326 e. The Labute approximate surface area is 130 Å². The molecule has 0 fully saturated rings. The van der Waals surface area contributed by atoms with Crippen LogP contribution < -0.4 is 16.9 Å². The fraction of sp³-hybridized carbons (Fsp3) is 0.462. The first-order valence-electron chi connectivity index (χ1n) is 6.58. The van der Waals surface area contributed by atoms with Crippen molar-refractivity contribution in [3.05, 3.63) is 42.6 Å². The first-order valence-corrected chi connectivity index (χ1v) is 8.28. The molecule has 0 saturated carbocycles. The van der Waals surface area contributed by atoms with Gasteiger partial charge in [0.25, 0.3) is 0 Å². The number of aromatic nitrogens is 3. The highest BCUT2D eigenvalue weighted by atomic mass is 32.2. The van der Waals surface area contributed by atoms with E-state index in [2.05, 4.69) is 22.2 Å². The van der Waals surface area contributed by atoms with Crippen molar-refractivity contribution in [3.8, 4) is 0 Å². The predicted molar refractivity (Wildman–Crippen MR) is 86.0 cm³/mol. The highest BCUT2D eigenvalue weighted by molar-refractivity contribution is 7.99. The number of hydrogen-bond donors (Lipinski definition) is 2. The minimum absolute atomic E-state index is 0.00213. The van der Waals surface area contributed by atoms with Gasteiger partial charge in [-0.2, -0.15) is 4.98 Å². The molecule has 2 aromatic rings. The summed E-state index contributed by atoms with van der Waals surface area (Å²) in [6.45, 7) is 4.07. The summed E-state index contributed by atoms with van der Waals surface area (Å²) in [7, 11) is 1.66. The lowest BCUT2D eigenvalue weighted by molar-refractivity contribution is 0.587. The zero-order chi connectivity index (χ0) is 15.6. The van der Waals surface area contributed by atoms with Crippen LogP contribution >= 0.6 is 23.1 Å². The Morgan fingerprint density at radius 1 is 1.48 bits per heavy atom. The standard InChI is InChI=1S/C13H18N4O2S2/c1-4-8(14)10(9-6-5-7(2)20-9)21-13-15-11(18)12(19)16-17(13)3/h5-6,8,10H,4,14H2,1-3H3,(H,16,19). The molecule has 0 aliphatic heterocycles. The lowest BCUT2D eigenvalue weighted by atomic mass is 10.1. The molecule has 21 heavy (non-hydrogen) atoms. The Morgan fingerprint density at radius 3 is 2.76 bits per heavy atom. The van der Waals surface area contributed by atoms with Crippen LogP contribution in [0.1, 0.15) is 28.3 Å². The van der Waals surface area contributed by atoms with Crippen LogP contribution in [0.2, 0.25) is 0 Å². The largest absolute Gasteiger partial charge is 0.339 e. The monoisotopic (exact) mass is 326 g/mol. The number of aryl methyl sites for hydroxylation is 2. The molecule has 2 atom stereocenters. The molecule has 2 rings (SSSR count). The number of nitrogens with zero attached hydrogens (tertiary/aromatic N) is 2. The van der Waals surface area contributed by atoms with Crippen LogP contribution in [0.3, 0.4) is 0 Å². The third-order valence-corrected chi connectivity index (χ3v) is 5.75. The Morgan fingerprint density at radius 2 is 2.19 bits per heavy atom. The average Bonchev–Trinajstić information content (AvgIpc) is 2.87. The Hall–Kier alpha value is -1.38. The van der Waals surface area contributed by atoms with E-state index in [4.69, 9.17) is 5.73 Å². The number of aromatic amines is 1. The van der Waals surface area contributed by atoms with Crippen LogP contribution in [0, 0.1) is 6.92 Å². The summed E-state index contributed by atoms with van der Waals surface area (Å²) in [6, 6.07) is 4.04. The number of H-pyrrole nitrogens is 1. The molecule has 0 bridgehead atoms. The summed E-state index contributed by atoms with van der Waals surface area (Å²) in [5, 5.41) is 2.91. The summed E-state index contributed by atoms with van der Waals surface area (Å²) >= 11 is 3.09. The molecule has 2 unspecified atom stereocenters. The molecule has 2 heterocycles. The molecule has 8 heteroatoms. The summed E-state index contributed by atoms with van der Waals surface area (Å²) < 4.78 is 1.46. The molecule has 0 saturated heterocycles. The zero-order valence-electron chi connectivity index (χ0n) is 12.1. The van der Waals surface area contributed by atoms with E-state index in [1.165, 1.54) is 21.3 Å². The molecule has 6 nitrogen and oxygen atoms in total. The fourth-order valence-corrected chi connectivity index (χ4v) is 4.21. The molecule has 114 valence electrons.